The number of alkyl carbamates (subject to hydrolysis) is 1. The van der Waals surface area contributed by atoms with Gasteiger partial charge in [0.1, 0.15) is 6.61 Å². The lowest BCUT2D eigenvalue weighted by Gasteiger charge is -2.17. The number of carbonyl (C=O) groups excluding carboxylic acids is 1. The van der Waals surface area contributed by atoms with E-state index in [-0.39, 0.29) is 19.3 Å². The van der Waals surface area contributed by atoms with Crippen LogP contribution in [0.1, 0.15) is 24.9 Å². The maximum Gasteiger partial charge on any atom is 0.407 e. The van der Waals surface area contributed by atoms with Gasteiger partial charge in [-0.1, -0.05) is 30.7 Å². The molecule has 0 bridgehead atoms. The topological polar surface area (TPSA) is 58.6 Å². The summed E-state index contributed by atoms with van der Waals surface area (Å²) in [6.07, 6.45) is 0.219. The highest BCUT2D eigenvalue weighted by molar-refractivity contribution is 6.30. The quantitative estimate of drug-likeness (QED) is 0.852. The van der Waals surface area contributed by atoms with Gasteiger partial charge in [0.05, 0.1) is 12.6 Å². The van der Waals surface area contributed by atoms with Crippen LogP contribution in [0.5, 0.6) is 0 Å². The van der Waals surface area contributed by atoms with Crippen molar-refractivity contribution in [3.8, 4) is 0 Å². The van der Waals surface area contributed by atoms with E-state index >= 15 is 0 Å². The van der Waals surface area contributed by atoms with E-state index in [9.17, 15) is 4.79 Å². The molecule has 1 unspecified atom stereocenters. The van der Waals surface area contributed by atoms with Crippen molar-refractivity contribution in [2.45, 2.75) is 19.4 Å². The smallest absolute Gasteiger partial charge is 0.407 e. The number of benzene rings is 1. The molecule has 1 rings (SSSR count). The van der Waals surface area contributed by atoms with Crippen molar-refractivity contribution >= 4 is 17.7 Å². The van der Waals surface area contributed by atoms with Gasteiger partial charge in [-0.15, -0.1) is 0 Å². The lowest BCUT2D eigenvalue weighted by Crippen LogP contribution is -2.29. The summed E-state index contributed by atoms with van der Waals surface area (Å²) in [7, 11) is 0. The average Bonchev–Trinajstić information content (AvgIpc) is 2.34. The molecule has 0 saturated carbocycles. The van der Waals surface area contributed by atoms with Gasteiger partial charge in [0, 0.05) is 5.02 Å². The third-order valence-corrected chi connectivity index (χ3v) is 2.55. The molecular weight excluding hydrogens is 242 g/mol. The summed E-state index contributed by atoms with van der Waals surface area (Å²) in [5, 5.41) is 11.9. The van der Waals surface area contributed by atoms with Gasteiger partial charge in [0.2, 0.25) is 0 Å². The first-order chi connectivity index (χ1) is 8.17. The highest BCUT2D eigenvalue weighted by atomic mass is 35.5. The van der Waals surface area contributed by atoms with Crippen LogP contribution in [-0.2, 0) is 4.74 Å². The fourth-order valence-corrected chi connectivity index (χ4v) is 1.56. The first kappa shape index (κ1) is 13.8. The van der Waals surface area contributed by atoms with Crippen LogP contribution >= 0.6 is 11.6 Å². The fraction of sp³-hybridized carbons (Fsp3) is 0.417. The number of aliphatic hydroxyl groups is 1. The van der Waals surface area contributed by atoms with Crippen LogP contribution in [0.4, 0.5) is 4.79 Å². The maximum absolute atomic E-state index is 11.3. The molecule has 0 aliphatic carbocycles. The summed E-state index contributed by atoms with van der Waals surface area (Å²) in [6, 6.07) is 7.17. The van der Waals surface area contributed by atoms with Gasteiger partial charge in [-0.3, -0.25) is 0 Å². The van der Waals surface area contributed by atoms with Crippen LogP contribution in [0, 0.1) is 0 Å². The van der Waals surface area contributed by atoms with E-state index in [0.29, 0.717) is 5.02 Å². The van der Waals surface area contributed by atoms with Crippen LogP contribution in [0.25, 0.3) is 0 Å². The monoisotopic (exact) mass is 257 g/mol. The zero-order valence-electron chi connectivity index (χ0n) is 9.65. The molecular formula is C12H16ClNO3. The molecule has 0 radical (unpaired) electrons. The minimum absolute atomic E-state index is 0.00286. The molecule has 4 nitrogen and oxygen atoms in total. The van der Waals surface area contributed by atoms with Crippen molar-refractivity contribution in [1.29, 1.82) is 0 Å². The van der Waals surface area contributed by atoms with Gasteiger partial charge < -0.3 is 15.2 Å². The van der Waals surface area contributed by atoms with Gasteiger partial charge >= 0.3 is 6.09 Å². The second kappa shape index (κ2) is 7.14. The molecule has 0 fully saturated rings. The second-order valence-corrected chi connectivity index (χ2v) is 3.95. The van der Waals surface area contributed by atoms with Crippen LogP contribution in [0.2, 0.25) is 5.02 Å². The van der Waals surface area contributed by atoms with E-state index in [2.05, 4.69) is 5.32 Å². The number of aliphatic hydroxyl groups excluding tert-OH is 1. The molecule has 0 saturated heterocycles. The Morgan fingerprint density at radius 1 is 1.47 bits per heavy atom. The molecule has 5 heteroatoms. The SMILES string of the molecule is CCC(NC(=O)OCCO)c1ccc(Cl)cc1. The Bertz CT molecular complexity index is 353. The van der Waals surface area contributed by atoms with E-state index in [1.807, 2.05) is 19.1 Å². The maximum atomic E-state index is 11.3. The predicted molar refractivity (Wildman–Crippen MR) is 66.1 cm³/mol. The number of rotatable bonds is 5. The zero-order chi connectivity index (χ0) is 12.7. The molecule has 1 atom stereocenters. The number of amides is 1. The lowest BCUT2D eigenvalue weighted by atomic mass is 10.1. The summed E-state index contributed by atoms with van der Waals surface area (Å²) >= 11 is 5.79. The molecule has 0 aliphatic rings. The molecule has 17 heavy (non-hydrogen) atoms. The second-order valence-electron chi connectivity index (χ2n) is 3.52. The Hall–Kier alpha value is -1.26. The van der Waals surface area contributed by atoms with E-state index in [1.165, 1.54) is 0 Å². The van der Waals surface area contributed by atoms with Gasteiger partial charge in [0.25, 0.3) is 0 Å². The third-order valence-electron chi connectivity index (χ3n) is 2.30. The van der Waals surface area contributed by atoms with Crippen molar-refractivity contribution in [2.24, 2.45) is 0 Å². The van der Waals surface area contributed by atoms with Crippen molar-refractivity contribution in [3.63, 3.8) is 0 Å². The molecule has 0 heterocycles. The van der Waals surface area contributed by atoms with Crippen LogP contribution in [0.3, 0.4) is 0 Å². The van der Waals surface area contributed by atoms with Crippen molar-refractivity contribution in [2.75, 3.05) is 13.2 Å². The largest absolute Gasteiger partial charge is 0.447 e. The minimum atomic E-state index is -0.527. The van der Waals surface area contributed by atoms with E-state index in [1.54, 1.807) is 12.1 Å². The Kier molecular flexibility index (Phi) is 5.80. The molecule has 1 aromatic rings. The summed E-state index contributed by atoms with van der Waals surface area (Å²) < 4.78 is 4.74. The summed E-state index contributed by atoms with van der Waals surface area (Å²) in [4.78, 5) is 11.3. The van der Waals surface area contributed by atoms with Gasteiger partial charge in [-0.2, -0.15) is 0 Å². The number of halogens is 1. The molecule has 0 aromatic heterocycles. The average molecular weight is 258 g/mol. The third kappa shape index (κ3) is 4.63. The number of hydrogen-bond donors (Lipinski definition) is 2. The standard InChI is InChI=1S/C12H16ClNO3/c1-2-11(14-12(16)17-8-7-15)9-3-5-10(13)6-4-9/h3-6,11,15H,2,7-8H2,1H3,(H,14,16). The predicted octanol–water partition coefficient (Wildman–Crippen LogP) is 2.51. The van der Waals surface area contributed by atoms with E-state index < -0.39 is 6.09 Å². The Morgan fingerprint density at radius 3 is 2.65 bits per heavy atom. The molecule has 2 N–H and O–H groups in total. The van der Waals surface area contributed by atoms with Crippen LogP contribution in [0.15, 0.2) is 24.3 Å². The number of ether oxygens (including phenoxy) is 1. The molecule has 0 aliphatic heterocycles. The van der Waals surface area contributed by atoms with Gasteiger partial charge in [-0.05, 0) is 24.1 Å². The number of hydrogen-bond acceptors (Lipinski definition) is 3. The van der Waals surface area contributed by atoms with Crippen LogP contribution in [-0.4, -0.2) is 24.4 Å². The summed E-state index contributed by atoms with van der Waals surface area (Å²) in [5.74, 6) is 0. The van der Waals surface area contributed by atoms with Crippen molar-refractivity contribution < 1.29 is 14.6 Å². The number of carbonyl (C=O) groups is 1. The highest BCUT2D eigenvalue weighted by Gasteiger charge is 2.13. The van der Waals surface area contributed by atoms with Crippen molar-refractivity contribution in [3.05, 3.63) is 34.9 Å². The first-order valence-corrected chi connectivity index (χ1v) is 5.84. The van der Waals surface area contributed by atoms with Crippen LogP contribution < -0.4 is 5.32 Å². The Morgan fingerprint density at radius 2 is 2.12 bits per heavy atom. The van der Waals surface area contributed by atoms with Gasteiger partial charge in [0.15, 0.2) is 0 Å². The normalized spacial score (nSPS) is 11.9. The molecule has 1 amide bonds. The lowest BCUT2D eigenvalue weighted by molar-refractivity contribution is 0.116. The van der Waals surface area contributed by atoms with E-state index in [4.69, 9.17) is 21.4 Å². The fourth-order valence-electron chi connectivity index (χ4n) is 1.44. The zero-order valence-corrected chi connectivity index (χ0v) is 10.4. The van der Waals surface area contributed by atoms with E-state index in [0.717, 1.165) is 12.0 Å². The Balaban J connectivity index is 2.59. The summed E-state index contributed by atoms with van der Waals surface area (Å²) in [6.45, 7) is 1.79. The molecule has 1 aromatic carbocycles. The van der Waals surface area contributed by atoms with Gasteiger partial charge in [-0.25, -0.2) is 4.79 Å². The highest BCUT2D eigenvalue weighted by Crippen LogP contribution is 2.19. The number of nitrogens with one attached hydrogen (secondary N) is 1. The minimum Gasteiger partial charge on any atom is -0.447 e. The molecule has 94 valence electrons. The van der Waals surface area contributed by atoms with Crippen molar-refractivity contribution in [1.82, 2.24) is 5.32 Å². The summed E-state index contributed by atoms with van der Waals surface area (Å²) in [5.41, 5.74) is 0.970. The Labute approximate surface area is 106 Å². The molecule has 0 spiro atoms. The first-order valence-electron chi connectivity index (χ1n) is 5.47.